The zero-order chi connectivity index (χ0) is 13.5. The highest BCUT2D eigenvalue weighted by Crippen LogP contribution is 2.19. The molecule has 0 aliphatic rings. The number of likely N-dealkylation sites (N-methyl/N-ethyl adjacent to an activating group) is 2. The van der Waals surface area contributed by atoms with E-state index in [1.165, 1.54) is 7.11 Å². The van der Waals surface area contributed by atoms with Gasteiger partial charge in [-0.3, -0.25) is 4.79 Å². The minimum Gasteiger partial charge on any atom is -0.469 e. The number of esters is 1. The maximum absolute atomic E-state index is 11.0. The first-order valence-electron chi connectivity index (χ1n) is 5.90. The van der Waals surface area contributed by atoms with E-state index in [2.05, 4.69) is 33.6 Å². The molecule has 0 bridgehead atoms. The molecule has 0 amide bonds. The molecule has 0 aromatic carbocycles. The lowest BCUT2D eigenvalue weighted by Gasteiger charge is -2.18. The highest BCUT2D eigenvalue weighted by Gasteiger charge is 2.09. The van der Waals surface area contributed by atoms with Crippen molar-refractivity contribution in [1.29, 1.82) is 0 Å². The Bertz CT molecular complexity index is 379. The fraction of sp³-hybridized carbons (Fsp3) is 0.667. The highest BCUT2D eigenvalue weighted by molar-refractivity contribution is 7.13. The van der Waals surface area contributed by atoms with Gasteiger partial charge in [-0.05, 0) is 14.1 Å². The molecule has 0 saturated heterocycles. The van der Waals surface area contributed by atoms with Gasteiger partial charge >= 0.3 is 5.97 Å². The molecule has 0 saturated carbocycles. The van der Waals surface area contributed by atoms with Crippen LogP contribution in [0.3, 0.4) is 0 Å². The standard InChI is InChI=1S/C12H21N3O2S/c1-14(2)7-8-15(3)12-13-10(9-18-12)5-6-11(16)17-4/h9H,5-8H2,1-4H3. The van der Waals surface area contributed by atoms with Crippen molar-refractivity contribution in [1.82, 2.24) is 9.88 Å². The summed E-state index contributed by atoms with van der Waals surface area (Å²) in [5.41, 5.74) is 0.956. The third-order valence-corrected chi connectivity index (χ3v) is 3.57. The van der Waals surface area contributed by atoms with Gasteiger partial charge in [-0.15, -0.1) is 11.3 Å². The number of anilines is 1. The first kappa shape index (κ1) is 14.9. The van der Waals surface area contributed by atoms with E-state index < -0.39 is 0 Å². The molecule has 1 aromatic rings. The smallest absolute Gasteiger partial charge is 0.305 e. The van der Waals surface area contributed by atoms with E-state index in [0.717, 1.165) is 23.9 Å². The molecule has 5 nitrogen and oxygen atoms in total. The molecule has 6 heteroatoms. The fourth-order valence-corrected chi connectivity index (χ4v) is 2.22. The quantitative estimate of drug-likeness (QED) is 0.698. The van der Waals surface area contributed by atoms with Crippen molar-refractivity contribution in [3.05, 3.63) is 11.1 Å². The molecular weight excluding hydrogens is 250 g/mol. The third kappa shape index (κ3) is 5.01. The average molecular weight is 271 g/mol. The lowest BCUT2D eigenvalue weighted by molar-refractivity contribution is -0.140. The summed E-state index contributed by atoms with van der Waals surface area (Å²) in [6.45, 7) is 1.94. The topological polar surface area (TPSA) is 45.7 Å². The number of carbonyl (C=O) groups is 1. The van der Waals surface area contributed by atoms with Crippen LogP contribution in [0.4, 0.5) is 5.13 Å². The maximum Gasteiger partial charge on any atom is 0.305 e. The van der Waals surface area contributed by atoms with E-state index in [1.807, 2.05) is 12.4 Å². The summed E-state index contributed by atoms with van der Waals surface area (Å²) in [5.74, 6) is -0.189. The Hall–Kier alpha value is -1.14. The Balaban J connectivity index is 2.44. The second kappa shape index (κ2) is 7.33. The van der Waals surface area contributed by atoms with Crippen LogP contribution >= 0.6 is 11.3 Å². The van der Waals surface area contributed by atoms with Gasteiger partial charge in [0.25, 0.3) is 0 Å². The second-order valence-corrected chi connectivity index (χ2v) is 5.26. The number of nitrogens with zero attached hydrogens (tertiary/aromatic N) is 3. The van der Waals surface area contributed by atoms with Crippen LogP contribution in [0.5, 0.6) is 0 Å². The molecule has 0 fully saturated rings. The fourth-order valence-electron chi connectivity index (χ4n) is 1.36. The molecular formula is C12H21N3O2S. The maximum atomic E-state index is 11.0. The molecule has 102 valence electrons. The summed E-state index contributed by atoms with van der Waals surface area (Å²) < 4.78 is 4.61. The Morgan fingerprint density at radius 3 is 2.72 bits per heavy atom. The molecule has 0 aliphatic carbocycles. The van der Waals surface area contributed by atoms with Crippen LogP contribution < -0.4 is 4.90 Å². The Labute approximate surface area is 112 Å². The van der Waals surface area contributed by atoms with Crippen molar-refractivity contribution in [2.75, 3.05) is 46.2 Å². The number of rotatable bonds is 7. The van der Waals surface area contributed by atoms with Crippen molar-refractivity contribution in [2.24, 2.45) is 0 Å². The Morgan fingerprint density at radius 2 is 2.11 bits per heavy atom. The van der Waals surface area contributed by atoms with Gasteiger partial charge in [0.2, 0.25) is 0 Å². The molecule has 0 atom stereocenters. The van der Waals surface area contributed by atoms with Gasteiger partial charge in [-0.25, -0.2) is 4.98 Å². The zero-order valence-electron chi connectivity index (χ0n) is 11.5. The summed E-state index contributed by atoms with van der Waals surface area (Å²) >= 11 is 1.61. The van der Waals surface area contributed by atoms with E-state index in [-0.39, 0.29) is 5.97 Å². The summed E-state index contributed by atoms with van der Waals surface area (Å²) in [7, 11) is 7.55. The number of hydrogen-bond donors (Lipinski definition) is 0. The number of hydrogen-bond acceptors (Lipinski definition) is 6. The monoisotopic (exact) mass is 271 g/mol. The Morgan fingerprint density at radius 1 is 1.39 bits per heavy atom. The Kier molecular flexibility index (Phi) is 6.07. The first-order valence-corrected chi connectivity index (χ1v) is 6.78. The van der Waals surface area contributed by atoms with Gasteiger partial charge in [0.05, 0.1) is 19.2 Å². The number of ether oxygens (including phenoxy) is 1. The van der Waals surface area contributed by atoms with E-state index in [1.54, 1.807) is 11.3 Å². The second-order valence-electron chi connectivity index (χ2n) is 4.42. The summed E-state index contributed by atoms with van der Waals surface area (Å²) in [6.07, 6.45) is 1.03. The van der Waals surface area contributed by atoms with Crippen LogP contribution in [0.25, 0.3) is 0 Å². The van der Waals surface area contributed by atoms with Crippen LogP contribution in [0.15, 0.2) is 5.38 Å². The van der Waals surface area contributed by atoms with Gasteiger partial charge in [-0.1, -0.05) is 0 Å². The molecule has 0 aliphatic heterocycles. The van der Waals surface area contributed by atoms with Crippen LogP contribution in [-0.4, -0.2) is 57.2 Å². The molecule has 18 heavy (non-hydrogen) atoms. The first-order chi connectivity index (χ1) is 8.52. The van der Waals surface area contributed by atoms with E-state index in [4.69, 9.17) is 0 Å². The number of aryl methyl sites for hydroxylation is 1. The van der Waals surface area contributed by atoms with Gasteiger partial charge in [0.15, 0.2) is 5.13 Å². The van der Waals surface area contributed by atoms with Crippen molar-refractivity contribution < 1.29 is 9.53 Å². The van der Waals surface area contributed by atoms with Gasteiger partial charge in [0.1, 0.15) is 0 Å². The largest absolute Gasteiger partial charge is 0.469 e. The predicted molar refractivity (Wildman–Crippen MR) is 74.3 cm³/mol. The van der Waals surface area contributed by atoms with Crippen molar-refractivity contribution in [3.63, 3.8) is 0 Å². The lowest BCUT2D eigenvalue weighted by atomic mass is 10.2. The minimum absolute atomic E-state index is 0.189. The van der Waals surface area contributed by atoms with Crippen molar-refractivity contribution >= 4 is 22.4 Å². The summed E-state index contributed by atoms with van der Waals surface area (Å²) in [5, 5.41) is 3.00. The normalized spacial score (nSPS) is 10.7. The molecule has 1 rings (SSSR count). The third-order valence-electron chi connectivity index (χ3n) is 2.56. The molecule has 1 aromatic heterocycles. The van der Waals surface area contributed by atoms with Crippen LogP contribution in [-0.2, 0) is 16.0 Å². The number of methoxy groups -OCH3 is 1. The number of carbonyl (C=O) groups excluding carboxylic acids is 1. The molecule has 0 unspecified atom stereocenters. The van der Waals surface area contributed by atoms with Gasteiger partial charge in [0, 0.05) is 31.9 Å². The predicted octanol–water partition coefficient (Wildman–Crippen LogP) is 1.25. The lowest BCUT2D eigenvalue weighted by Crippen LogP contribution is -2.28. The van der Waals surface area contributed by atoms with E-state index >= 15 is 0 Å². The van der Waals surface area contributed by atoms with Crippen LogP contribution in [0, 0.1) is 0 Å². The van der Waals surface area contributed by atoms with Gasteiger partial charge < -0.3 is 14.5 Å². The van der Waals surface area contributed by atoms with E-state index in [9.17, 15) is 4.79 Å². The van der Waals surface area contributed by atoms with Crippen molar-refractivity contribution in [2.45, 2.75) is 12.8 Å². The van der Waals surface area contributed by atoms with Crippen LogP contribution in [0.2, 0.25) is 0 Å². The number of aromatic nitrogens is 1. The average Bonchev–Trinajstić information content (AvgIpc) is 2.81. The molecule has 0 N–H and O–H groups in total. The minimum atomic E-state index is -0.189. The SMILES string of the molecule is COC(=O)CCc1csc(N(C)CCN(C)C)n1. The summed E-state index contributed by atoms with van der Waals surface area (Å²) in [4.78, 5) is 19.8. The van der Waals surface area contributed by atoms with Gasteiger partial charge in [-0.2, -0.15) is 0 Å². The molecule has 0 radical (unpaired) electrons. The highest BCUT2D eigenvalue weighted by atomic mass is 32.1. The zero-order valence-corrected chi connectivity index (χ0v) is 12.3. The van der Waals surface area contributed by atoms with Crippen LogP contribution in [0.1, 0.15) is 12.1 Å². The summed E-state index contributed by atoms with van der Waals surface area (Å²) in [6, 6.07) is 0. The van der Waals surface area contributed by atoms with Crippen molar-refractivity contribution in [3.8, 4) is 0 Å². The van der Waals surface area contributed by atoms with E-state index in [0.29, 0.717) is 12.8 Å². The number of thiazole rings is 1. The molecule has 0 spiro atoms. The molecule has 1 heterocycles.